The second-order valence-electron chi connectivity index (χ2n) is 8.86. The van der Waals surface area contributed by atoms with Gasteiger partial charge in [-0.05, 0) is 0 Å². The molecule has 0 spiro atoms. The average Bonchev–Trinajstić information content (AvgIpc) is 2.97. The molecule has 2 aromatic rings. The minimum absolute atomic E-state index is 0.136. The first-order chi connectivity index (χ1) is 19.3. The van der Waals surface area contributed by atoms with Crippen molar-refractivity contribution in [3.8, 4) is 5.88 Å². The van der Waals surface area contributed by atoms with Crippen molar-refractivity contribution in [2.75, 3.05) is 102 Å². The second kappa shape index (κ2) is 14.1. The Balaban J connectivity index is 0.000000201. The monoisotopic (exact) mass is 583 g/mol. The number of pyridine rings is 2. The van der Waals surface area contributed by atoms with Gasteiger partial charge in [-0.1, -0.05) is 0 Å². The predicted molar refractivity (Wildman–Crippen MR) is 127 cm³/mol. The molecule has 16 heteroatoms. The Kier molecular flexibility index (Phi) is 10.6. The molecule has 3 aliphatic heterocycles. The zero-order chi connectivity index (χ0) is 28.6. The number of aromatic nitrogens is 2. The molecule has 0 aliphatic carbocycles. The molecule has 3 saturated heterocycles. The van der Waals surface area contributed by atoms with E-state index in [1.807, 2.05) is 0 Å². The predicted octanol–water partition coefficient (Wildman–Crippen LogP) is 2.52. The number of rotatable bonds is 6. The lowest BCUT2D eigenvalue weighted by atomic mass is 10.3. The third kappa shape index (κ3) is 7.21. The van der Waals surface area contributed by atoms with Gasteiger partial charge in [-0.15, -0.1) is 0 Å². The van der Waals surface area contributed by atoms with Gasteiger partial charge in [0, 0.05) is 45.8 Å². The highest BCUT2D eigenvalue weighted by Crippen LogP contribution is 2.31. The molecule has 0 unspecified atom stereocenters. The number of halogens is 7. The quantitative estimate of drug-likeness (QED) is 0.377. The standard InChI is InChI=1S/C15H20F3N3O3.C9H8F4N2O/c16-11-13(21-4-8-23-9-5-21)12(17)15(19-14(11)18)24-10-3-20-1-6-22-7-2-20;10-5-7(15-1-3-16-4-2-15)6(11)9(13)14-8(5)12/h1-10H2;1-4H2. The summed E-state index contributed by atoms with van der Waals surface area (Å²) >= 11 is 0. The zero-order valence-electron chi connectivity index (χ0n) is 21.4. The molecule has 0 N–H and O–H groups in total. The SMILES string of the molecule is Fc1nc(F)c(F)c(N2CCOCC2)c1F.Fc1nc(OCCN2CCOCC2)c(F)c(N2CCOCC2)c1F. The smallest absolute Gasteiger partial charge is 0.255 e. The van der Waals surface area contributed by atoms with Crippen LogP contribution in [0.3, 0.4) is 0 Å². The van der Waals surface area contributed by atoms with Gasteiger partial charge in [0.05, 0.1) is 39.6 Å². The van der Waals surface area contributed by atoms with Gasteiger partial charge in [-0.2, -0.15) is 40.7 Å². The average molecular weight is 584 g/mol. The first-order valence-electron chi connectivity index (χ1n) is 12.6. The van der Waals surface area contributed by atoms with Gasteiger partial charge >= 0.3 is 0 Å². The van der Waals surface area contributed by atoms with Gasteiger partial charge in [0.2, 0.25) is 23.3 Å². The van der Waals surface area contributed by atoms with Crippen LogP contribution in [-0.2, 0) is 14.2 Å². The molecule has 222 valence electrons. The Bertz CT molecular complexity index is 1120. The maximum atomic E-state index is 14.6. The molecule has 0 aromatic carbocycles. The van der Waals surface area contributed by atoms with Crippen LogP contribution in [0.15, 0.2) is 0 Å². The van der Waals surface area contributed by atoms with Crippen molar-refractivity contribution in [3.63, 3.8) is 0 Å². The van der Waals surface area contributed by atoms with E-state index in [0.717, 1.165) is 13.1 Å². The molecule has 3 fully saturated rings. The molecule has 0 amide bonds. The highest BCUT2D eigenvalue weighted by atomic mass is 19.2. The minimum Gasteiger partial charge on any atom is -0.474 e. The summed E-state index contributed by atoms with van der Waals surface area (Å²) in [4.78, 5) is 10.5. The van der Waals surface area contributed by atoms with E-state index in [1.165, 1.54) is 9.80 Å². The Morgan fingerprint density at radius 2 is 0.950 bits per heavy atom. The normalized spacial score (nSPS) is 18.4. The van der Waals surface area contributed by atoms with E-state index in [2.05, 4.69) is 14.9 Å². The van der Waals surface area contributed by atoms with Crippen molar-refractivity contribution in [1.82, 2.24) is 14.9 Å². The van der Waals surface area contributed by atoms with Crippen molar-refractivity contribution in [2.24, 2.45) is 0 Å². The lowest BCUT2D eigenvalue weighted by Crippen LogP contribution is -2.39. The summed E-state index contributed by atoms with van der Waals surface area (Å²) in [5, 5.41) is 0. The zero-order valence-corrected chi connectivity index (χ0v) is 21.4. The van der Waals surface area contributed by atoms with E-state index < -0.39 is 58.4 Å². The fraction of sp³-hybridized carbons (Fsp3) is 0.583. The molecule has 5 heterocycles. The van der Waals surface area contributed by atoms with Crippen LogP contribution in [0.2, 0.25) is 0 Å². The van der Waals surface area contributed by atoms with Crippen molar-refractivity contribution >= 4 is 11.4 Å². The fourth-order valence-corrected chi connectivity index (χ4v) is 4.28. The van der Waals surface area contributed by atoms with Crippen LogP contribution in [0.4, 0.5) is 42.1 Å². The second-order valence-corrected chi connectivity index (χ2v) is 8.86. The Labute approximate surface area is 225 Å². The molecule has 2 aromatic heterocycles. The summed E-state index contributed by atoms with van der Waals surface area (Å²) in [5.41, 5.74) is -1.15. The topological polar surface area (TPSA) is 72.4 Å². The van der Waals surface area contributed by atoms with Gasteiger partial charge in [0.1, 0.15) is 18.0 Å². The van der Waals surface area contributed by atoms with E-state index in [0.29, 0.717) is 33.0 Å². The summed E-state index contributed by atoms with van der Waals surface area (Å²) in [6.45, 7) is 5.56. The van der Waals surface area contributed by atoms with Crippen LogP contribution in [-0.4, -0.2) is 107 Å². The highest BCUT2D eigenvalue weighted by molar-refractivity contribution is 5.52. The van der Waals surface area contributed by atoms with Crippen LogP contribution in [0, 0.1) is 41.1 Å². The Hall–Kier alpha value is -2.95. The molecule has 9 nitrogen and oxygen atoms in total. The maximum absolute atomic E-state index is 14.6. The van der Waals surface area contributed by atoms with Crippen LogP contribution in [0.5, 0.6) is 5.88 Å². The lowest BCUT2D eigenvalue weighted by molar-refractivity contribution is 0.0317. The summed E-state index contributed by atoms with van der Waals surface area (Å²) in [5.74, 6) is -10.4. The molecule has 5 rings (SSSR count). The Morgan fingerprint density at radius 3 is 1.43 bits per heavy atom. The van der Waals surface area contributed by atoms with E-state index in [9.17, 15) is 30.7 Å². The first kappa shape index (κ1) is 30.0. The van der Waals surface area contributed by atoms with Crippen molar-refractivity contribution in [2.45, 2.75) is 0 Å². The molecule has 0 saturated carbocycles. The molecule has 3 aliphatic rings. The molecule has 40 heavy (non-hydrogen) atoms. The first-order valence-corrected chi connectivity index (χ1v) is 12.6. The number of nitrogens with zero attached hydrogens (tertiary/aromatic N) is 5. The number of morpholine rings is 3. The highest BCUT2D eigenvalue weighted by Gasteiger charge is 2.28. The summed E-state index contributed by atoms with van der Waals surface area (Å²) in [6, 6.07) is 0. The van der Waals surface area contributed by atoms with E-state index >= 15 is 0 Å². The van der Waals surface area contributed by atoms with Crippen molar-refractivity contribution in [3.05, 3.63) is 41.1 Å². The van der Waals surface area contributed by atoms with Crippen molar-refractivity contribution < 1.29 is 49.7 Å². The van der Waals surface area contributed by atoms with Crippen molar-refractivity contribution in [1.29, 1.82) is 0 Å². The summed E-state index contributed by atoms with van der Waals surface area (Å²) in [6.07, 6.45) is 0. The van der Waals surface area contributed by atoms with Gasteiger partial charge < -0.3 is 28.7 Å². The van der Waals surface area contributed by atoms with Gasteiger partial charge in [-0.3, -0.25) is 4.90 Å². The third-order valence-corrected chi connectivity index (χ3v) is 6.36. The number of anilines is 2. The van der Waals surface area contributed by atoms with Crippen LogP contribution < -0.4 is 14.5 Å². The molecule has 0 atom stereocenters. The van der Waals surface area contributed by atoms with Crippen LogP contribution in [0.1, 0.15) is 0 Å². The van der Waals surface area contributed by atoms with Gasteiger partial charge in [-0.25, -0.2) is 0 Å². The lowest BCUT2D eigenvalue weighted by Gasteiger charge is -2.29. The van der Waals surface area contributed by atoms with E-state index in [1.54, 1.807) is 0 Å². The Morgan fingerprint density at radius 1 is 0.550 bits per heavy atom. The number of ether oxygens (including phenoxy) is 4. The number of hydrogen-bond donors (Lipinski definition) is 0. The van der Waals surface area contributed by atoms with E-state index in [4.69, 9.17) is 18.9 Å². The summed E-state index contributed by atoms with van der Waals surface area (Å²) < 4.78 is 115. The minimum atomic E-state index is -1.64. The number of hydrogen-bond acceptors (Lipinski definition) is 9. The molecule has 0 bridgehead atoms. The molecular weight excluding hydrogens is 555 g/mol. The van der Waals surface area contributed by atoms with Gasteiger partial charge in [0.15, 0.2) is 0 Å². The summed E-state index contributed by atoms with van der Waals surface area (Å²) in [7, 11) is 0. The van der Waals surface area contributed by atoms with E-state index in [-0.39, 0.29) is 46.0 Å². The van der Waals surface area contributed by atoms with Gasteiger partial charge in [0.25, 0.3) is 23.7 Å². The molecular formula is C24H28F7N5O4. The largest absolute Gasteiger partial charge is 0.474 e. The third-order valence-electron chi connectivity index (χ3n) is 6.36. The maximum Gasteiger partial charge on any atom is 0.255 e. The molecule has 0 radical (unpaired) electrons. The van der Waals surface area contributed by atoms with Crippen LogP contribution in [0.25, 0.3) is 0 Å². The van der Waals surface area contributed by atoms with Crippen LogP contribution >= 0.6 is 0 Å². The fourth-order valence-electron chi connectivity index (χ4n) is 4.28.